The van der Waals surface area contributed by atoms with Crippen LogP contribution in [-0.4, -0.2) is 55.2 Å². The topological polar surface area (TPSA) is 81.9 Å². The summed E-state index contributed by atoms with van der Waals surface area (Å²) in [4.78, 5) is 24.5. The summed E-state index contributed by atoms with van der Waals surface area (Å²) in [6, 6.07) is 0. The Morgan fingerprint density at radius 2 is 2.17 bits per heavy atom. The standard InChI is InChI=1S/C12H22N2O4/c1-9(2)18-12(16)8-17-10-4-3-5-14(7-10)11(15)6-13/h9-10H,3-8,13H2,1-2H3. The van der Waals surface area contributed by atoms with Gasteiger partial charge < -0.3 is 20.1 Å². The molecule has 6 heteroatoms. The average molecular weight is 258 g/mol. The SMILES string of the molecule is CC(C)OC(=O)COC1CCCN(C(=O)CN)C1. The predicted octanol–water partition coefficient (Wildman–Crippen LogP) is -0.0957. The van der Waals surface area contributed by atoms with Crippen molar-refractivity contribution >= 4 is 11.9 Å². The average Bonchev–Trinajstić information content (AvgIpc) is 2.35. The van der Waals surface area contributed by atoms with E-state index in [2.05, 4.69) is 0 Å². The van der Waals surface area contributed by atoms with E-state index in [1.807, 2.05) is 0 Å². The maximum absolute atomic E-state index is 11.4. The van der Waals surface area contributed by atoms with Crippen molar-refractivity contribution < 1.29 is 19.1 Å². The van der Waals surface area contributed by atoms with Crippen LogP contribution >= 0.6 is 0 Å². The van der Waals surface area contributed by atoms with Gasteiger partial charge in [-0.05, 0) is 26.7 Å². The zero-order valence-electron chi connectivity index (χ0n) is 11.1. The minimum absolute atomic E-state index is 0.0160. The number of esters is 1. The minimum atomic E-state index is -0.368. The number of hydrogen-bond donors (Lipinski definition) is 1. The zero-order valence-corrected chi connectivity index (χ0v) is 11.1. The molecule has 1 aliphatic heterocycles. The monoisotopic (exact) mass is 258 g/mol. The van der Waals surface area contributed by atoms with Crippen LogP contribution in [0.15, 0.2) is 0 Å². The van der Waals surface area contributed by atoms with Gasteiger partial charge in [0.05, 0.1) is 18.8 Å². The lowest BCUT2D eigenvalue weighted by atomic mass is 10.1. The molecule has 1 heterocycles. The van der Waals surface area contributed by atoms with E-state index in [1.165, 1.54) is 0 Å². The fraction of sp³-hybridized carbons (Fsp3) is 0.833. The van der Waals surface area contributed by atoms with Gasteiger partial charge in [0.1, 0.15) is 6.61 Å². The molecule has 0 aliphatic carbocycles. The van der Waals surface area contributed by atoms with Crippen LogP contribution in [0.5, 0.6) is 0 Å². The maximum atomic E-state index is 11.4. The number of nitrogens with zero attached hydrogens (tertiary/aromatic N) is 1. The first kappa shape index (κ1) is 14.9. The fourth-order valence-corrected chi connectivity index (χ4v) is 1.91. The van der Waals surface area contributed by atoms with Crippen LogP contribution in [0.3, 0.4) is 0 Å². The summed E-state index contributed by atoms with van der Waals surface area (Å²) < 4.78 is 10.4. The molecule has 6 nitrogen and oxygen atoms in total. The highest BCUT2D eigenvalue weighted by Crippen LogP contribution is 2.13. The smallest absolute Gasteiger partial charge is 0.332 e. The van der Waals surface area contributed by atoms with Crippen LogP contribution in [0.2, 0.25) is 0 Å². The molecule has 0 bridgehead atoms. The molecule has 1 amide bonds. The lowest BCUT2D eigenvalue weighted by molar-refractivity contribution is -0.156. The molecule has 1 unspecified atom stereocenters. The molecule has 0 aromatic rings. The van der Waals surface area contributed by atoms with E-state index in [4.69, 9.17) is 15.2 Å². The second-order valence-corrected chi connectivity index (χ2v) is 4.66. The van der Waals surface area contributed by atoms with Gasteiger partial charge in [0.2, 0.25) is 5.91 Å². The Morgan fingerprint density at radius 3 is 2.78 bits per heavy atom. The van der Waals surface area contributed by atoms with E-state index in [-0.39, 0.29) is 37.2 Å². The first-order valence-corrected chi connectivity index (χ1v) is 6.32. The molecular formula is C12H22N2O4. The van der Waals surface area contributed by atoms with Crippen LogP contribution in [0.1, 0.15) is 26.7 Å². The molecule has 104 valence electrons. The van der Waals surface area contributed by atoms with E-state index in [1.54, 1.807) is 18.7 Å². The second-order valence-electron chi connectivity index (χ2n) is 4.66. The van der Waals surface area contributed by atoms with E-state index in [9.17, 15) is 9.59 Å². The van der Waals surface area contributed by atoms with Gasteiger partial charge in [0.25, 0.3) is 0 Å². The highest BCUT2D eigenvalue weighted by atomic mass is 16.6. The minimum Gasteiger partial charge on any atom is -0.461 e. The van der Waals surface area contributed by atoms with Crippen molar-refractivity contribution in [3.05, 3.63) is 0 Å². The molecule has 1 fully saturated rings. The molecule has 1 saturated heterocycles. The number of carbonyl (C=O) groups is 2. The third-order valence-corrected chi connectivity index (χ3v) is 2.71. The number of amides is 1. The lowest BCUT2D eigenvalue weighted by Gasteiger charge is -2.32. The van der Waals surface area contributed by atoms with Crippen molar-refractivity contribution in [2.45, 2.75) is 38.9 Å². The number of ether oxygens (including phenoxy) is 2. The van der Waals surface area contributed by atoms with Gasteiger partial charge in [-0.15, -0.1) is 0 Å². The Bertz CT molecular complexity index is 294. The first-order chi connectivity index (χ1) is 8.52. The number of piperidine rings is 1. The first-order valence-electron chi connectivity index (χ1n) is 6.32. The van der Waals surface area contributed by atoms with Crippen LogP contribution in [0, 0.1) is 0 Å². The van der Waals surface area contributed by atoms with Crippen LogP contribution in [0.4, 0.5) is 0 Å². The summed E-state index contributed by atoms with van der Waals surface area (Å²) in [5, 5.41) is 0. The van der Waals surface area contributed by atoms with E-state index < -0.39 is 0 Å². The van der Waals surface area contributed by atoms with E-state index >= 15 is 0 Å². The Hall–Kier alpha value is -1.14. The molecule has 0 saturated carbocycles. The molecule has 18 heavy (non-hydrogen) atoms. The van der Waals surface area contributed by atoms with Crippen molar-refractivity contribution in [1.82, 2.24) is 4.90 Å². The lowest BCUT2D eigenvalue weighted by Crippen LogP contribution is -2.46. The molecule has 0 aromatic carbocycles. The molecule has 0 radical (unpaired) electrons. The summed E-state index contributed by atoms with van der Waals surface area (Å²) in [5.74, 6) is -0.444. The van der Waals surface area contributed by atoms with Gasteiger partial charge in [-0.1, -0.05) is 0 Å². The highest BCUT2D eigenvalue weighted by molar-refractivity contribution is 5.78. The second kappa shape index (κ2) is 7.33. The van der Waals surface area contributed by atoms with Gasteiger partial charge in [0.15, 0.2) is 0 Å². The Morgan fingerprint density at radius 1 is 1.44 bits per heavy atom. The maximum Gasteiger partial charge on any atom is 0.332 e. The summed E-state index contributed by atoms with van der Waals surface area (Å²) in [6.45, 7) is 4.76. The van der Waals surface area contributed by atoms with Gasteiger partial charge >= 0.3 is 5.97 Å². The van der Waals surface area contributed by atoms with Crippen molar-refractivity contribution in [3.63, 3.8) is 0 Å². The van der Waals surface area contributed by atoms with Crippen molar-refractivity contribution in [1.29, 1.82) is 0 Å². The summed E-state index contributed by atoms with van der Waals surface area (Å²) >= 11 is 0. The van der Waals surface area contributed by atoms with Crippen molar-refractivity contribution in [2.24, 2.45) is 5.73 Å². The molecule has 0 aromatic heterocycles. The number of carbonyl (C=O) groups excluding carboxylic acids is 2. The molecule has 1 rings (SSSR count). The molecular weight excluding hydrogens is 236 g/mol. The molecule has 0 spiro atoms. The quantitative estimate of drug-likeness (QED) is 0.697. The molecule has 1 aliphatic rings. The third kappa shape index (κ3) is 5.01. The summed E-state index contributed by atoms with van der Waals surface area (Å²) in [5.41, 5.74) is 5.32. The van der Waals surface area contributed by atoms with Gasteiger partial charge in [-0.3, -0.25) is 4.79 Å². The number of rotatable bonds is 5. The molecule has 2 N–H and O–H groups in total. The van der Waals surface area contributed by atoms with Crippen LogP contribution in [-0.2, 0) is 19.1 Å². The van der Waals surface area contributed by atoms with Crippen molar-refractivity contribution in [3.8, 4) is 0 Å². The predicted molar refractivity (Wildman–Crippen MR) is 65.8 cm³/mol. The van der Waals surface area contributed by atoms with Gasteiger partial charge in [-0.25, -0.2) is 4.79 Å². The summed E-state index contributed by atoms with van der Waals surface area (Å²) in [7, 11) is 0. The number of hydrogen-bond acceptors (Lipinski definition) is 5. The van der Waals surface area contributed by atoms with Gasteiger partial charge in [0, 0.05) is 13.1 Å². The van der Waals surface area contributed by atoms with E-state index in [0.717, 1.165) is 12.8 Å². The Kier molecular flexibility index (Phi) is 6.07. The largest absolute Gasteiger partial charge is 0.461 e. The number of nitrogens with two attached hydrogens (primary N) is 1. The van der Waals surface area contributed by atoms with Gasteiger partial charge in [-0.2, -0.15) is 0 Å². The summed E-state index contributed by atoms with van der Waals surface area (Å²) in [6.07, 6.45) is 1.48. The Balaban J connectivity index is 2.30. The highest BCUT2D eigenvalue weighted by Gasteiger charge is 2.24. The van der Waals surface area contributed by atoms with Crippen LogP contribution in [0.25, 0.3) is 0 Å². The van der Waals surface area contributed by atoms with Crippen molar-refractivity contribution in [2.75, 3.05) is 26.2 Å². The normalized spacial score (nSPS) is 20.0. The van der Waals surface area contributed by atoms with E-state index in [0.29, 0.717) is 13.1 Å². The Labute approximate surface area is 107 Å². The fourth-order valence-electron chi connectivity index (χ4n) is 1.91. The molecule has 1 atom stereocenters. The zero-order chi connectivity index (χ0) is 13.5. The van der Waals surface area contributed by atoms with Crippen LogP contribution < -0.4 is 5.73 Å². The third-order valence-electron chi connectivity index (χ3n) is 2.71. The number of likely N-dealkylation sites (tertiary alicyclic amines) is 1.